The number of alkyl halides is 3. The lowest BCUT2D eigenvalue weighted by Crippen LogP contribution is -2.20. The third-order valence-corrected chi connectivity index (χ3v) is 2.62. The van der Waals surface area contributed by atoms with Crippen LogP contribution in [0.5, 0.6) is 0 Å². The molecule has 1 rings (SSSR count). The van der Waals surface area contributed by atoms with E-state index in [0.29, 0.717) is 13.0 Å². The number of rotatable bonds is 4. The number of hydrogen-bond acceptors (Lipinski definition) is 2. The molecule has 0 saturated heterocycles. The highest BCUT2D eigenvalue weighted by Crippen LogP contribution is 2.34. The van der Waals surface area contributed by atoms with Gasteiger partial charge in [-0.05, 0) is 38.1 Å². The second-order valence-electron chi connectivity index (χ2n) is 3.82. The highest BCUT2D eigenvalue weighted by Gasteiger charge is 2.31. The Bertz CT molecular complexity index is 379. The lowest BCUT2D eigenvalue weighted by molar-refractivity contribution is -0.137. The van der Waals surface area contributed by atoms with E-state index in [2.05, 4.69) is 5.32 Å². The second kappa shape index (κ2) is 5.60. The van der Waals surface area contributed by atoms with E-state index in [4.69, 9.17) is 17.3 Å². The Kier molecular flexibility index (Phi) is 4.65. The van der Waals surface area contributed by atoms with Crippen molar-refractivity contribution >= 4 is 17.3 Å². The van der Waals surface area contributed by atoms with Crippen LogP contribution in [-0.2, 0) is 6.18 Å². The molecule has 3 N–H and O–H groups in total. The molecule has 17 heavy (non-hydrogen) atoms. The zero-order valence-electron chi connectivity index (χ0n) is 9.31. The molecule has 2 nitrogen and oxygen atoms in total. The number of halogens is 4. The Morgan fingerprint density at radius 3 is 2.59 bits per heavy atom. The fourth-order valence-corrected chi connectivity index (χ4v) is 1.57. The van der Waals surface area contributed by atoms with Gasteiger partial charge in [-0.15, -0.1) is 0 Å². The van der Waals surface area contributed by atoms with Crippen LogP contribution in [0.4, 0.5) is 18.9 Å². The van der Waals surface area contributed by atoms with Gasteiger partial charge in [-0.1, -0.05) is 11.6 Å². The predicted molar refractivity (Wildman–Crippen MR) is 63.2 cm³/mol. The molecular weight excluding hydrogens is 253 g/mol. The first kappa shape index (κ1) is 14.1. The number of hydrogen-bond donors (Lipinski definition) is 2. The number of nitrogens with two attached hydrogens (primary N) is 1. The average Bonchev–Trinajstić information content (AvgIpc) is 2.20. The molecule has 0 radical (unpaired) electrons. The van der Waals surface area contributed by atoms with Crippen LogP contribution in [0.15, 0.2) is 18.2 Å². The maximum absolute atomic E-state index is 12.5. The molecule has 0 aliphatic heterocycles. The Labute approximate surface area is 103 Å². The highest BCUT2D eigenvalue weighted by atomic mass is 35.5. The second-order valence-corrected chi connectivity index (χ2v) is 4.22. The van der Waals surface area contributed by atoms with Gasteiger partial charge in [-0.2, -0.15) is 13.2 Å². The average molecular weight is 267 g/mol. The van der Waals surface area contributed by atoms with E-state index >= 15 is 0 Å². The predicted octanol–water partition coefficient (Wildman–Crippen LogP) is 3.51. The van der Waals surface area contributed by atoms with Crippen molar-refractivity contribution in [1.29, 1.82) is 0 Å². The molecule has 1 atom stereocenters. The van der Waals surface area contributed by atoms with Crippen molar-refractivity contribution in [3.63, 3.8) is 0 Å². The molecule has 0 heterocycles. The molecule has 96 valence electrons. The van der Waals surface area contributed by atoms with Crippen molar-refractivity contribution in [2.75, 3.05) is 11.9 Å². The molecule has 0 fully saturated rings. The van der Waals surface area contributed by atoms with E-state index in [-0.39, 0.29) is 16.8 Å². The van der Waals surface area contributed by atoms with E-state index < -0.39 is 11.7 Å². The van der Waals surface area contributed by atoms with Crippen LogP contribution in [0.25, 0.3) is 0 Å². The lowest BCUT2D eigenvalue weighted by Gasteiger charge is -2.17. The van der Waals surface area contributed by atoms with Gasteiger partial charge in [-0.25, -0.2) is 0 Å². The summed E-state index contributed by atoms with van der Waals surface area (Å²) in [6.45, 7) is 2.30. The molecule has 0 aliphatic carbocycles. The minimum absolute atomic E-state index is 0.0269. The largest absolute Gasteiger partial charge is 0.416 e. The molecule has 0 bridgehead atoms. The van der Waals surface area contributed by atoms with Crippen LogP contribution < -0.4 is 11.1 Å². The minimum atomic E-state index is -4.36. The quantitative estimate of drug-likeness (QED) is 0.875. The fourth-order valence-electron chi connectivity index (χ4n) is 1.40. The van der Waals surface area contributed by atoms with Gasteiger partial charge in [0.05, 0.1) is 16.3 Å². The molecule has 1 unspecified atom stereocenters. The minimum Gasteiger partial charge on any atom is -0.381 e. The summed E-state index contributed by atoms with van der Waals surface area (Å²) in [7, 11) is 0. The molecule has 6 heteroatoms. The summed E-state index contributed by atoms with van der Waals surface area (Å²) in [6, 6.07) is 3.18. The third-order valence-electron chi connectivity index (χ3n) is 2.30. The van der Waals surface area contributed by atoms with Gasteiger partial charge in [0, 0.05) is 6.04 Å². The Morgan fingerprint density at radius 1 is 1.41 bits per heavy atom. The Morgan fingerprint density at radius 2 is 2.06 bits per heavy atom. The van der Waals surface area contributed by atoms with E-state index in [0.717, 1.165) is 12.1 Å². The number of benzene rings is 1. The van der Waals surface area contributed by atoms with Gasteiger partial charge in [-0.3, -0.25) is 0 Å². The van der Waals surface area contributed by atoms with Crippen molar-refractivity contribution in [2.24, 2.45) is 5.73 Å². The first-order chi connectivity index (χ1) is 7.84. The molecule has 0 aliphatic rings. The molecule has 0 amide bonds. The molecule has 1 aromatic rings. The third kappa shape index (κ3) is 4.09. The van der Waals surface area contributed by atoms with Gasteiger partial charge in [0.25, 0.3) is 0 Å². The van der Waals surface area contributed by atoms with Gasteiger partial charge in [0.15, 0.2) is 0 Å². The van der Waals surface area contributed by atoms with Crippen molar-refractivity contribution < 1.29 is 13.2 Å². The van der Waals surface area contributed by atoms with Crippen molar-refractivity contribution in [3.8, 4) is 0 Å². The van der Waals surface area contributed by atoms with Crippen molar-refractivity contribution in [2.45, 2.75) is 25.6 Å². The highest BCUT2D eigenvalue weighted by molar-refractivity contribution is 6.33. The summed E-state index contributed by atoms with van der Waals surface area (Å²) in [4.78, 5) is 0. The van der Waals surface area contributed by atoms with E-state index in [1.54, 1.807) is 0 Å². The first-order valence-corrected chi connectivity index (χ1v) is 5.55. The molecule has 0 spiro atoms. The van der Waals surface area contributed by atoms with E-state index in [9.17, 15) is 13.2 Å². The standard InChI is InChI=1S/C11H14ClF3N2/c1-7(4-5-16)17-10-6-8(11(13,14)15)2-3-9(10)12/h2-3,6-7,17H,4-5,16H2,1H3. The van der Waals surface area contributed by atoms with E-state index in [1.165, 1.54) is 6.07 Å². The van der Waals surface area contributed by atoms with Gasteiger partial charge >= 0.3 is 6.18 Å². The first-order valence-electron chi connectivity index (χ1n) is 5.18. The SMILES string of the molecule is CC(CCN)Nc1cc(C(F)(F)F)ccc1Cl. The summed E-state index contributed by atoms with van der Waals surface area (Å²) in [6.07, 6.45) is -3.70. The van der Waals surface area contributed by atoms with Crippen LogP contribution in [0.1, 0.15) is 18.9 Å². The van der Waals surface area contributed by atoms with Crippen LogP contribution in [-0.4, -0.2) is 12.6 Å². The van der Waals surface area contributed by atoms with Gasteiger partial charge < -0.3 is 11.1 Å². The summed E-state index contributed by atoms with van der Waals surface area (Å²) < 4.78 is 37.5. The van der Waals surface area contributed by atoms with Crippen molar-refractivity contribution in [1.82, 2.24) is 0 Å². The lowest BCUT2D eigenvalue weighted by atomic mass is 10.1. The van der Waals surface area contributed by atoms with Crippen LogP contribution in [0.2, 0.25) is 5.02 Å². The summed E-state index contributed by atoms with van der Waals surface area (Å²) >= 11 is 5.83. The molecule has 0 aromatic heterocycles. The molecule has 0 saturated carbocycles. The normalized spacial score (nSPS) is 13.5. The fraction of sp³-hybridized carbons (Fsp3) is 0.455. The monoisotopic (exact) mass is 266 g/mol. The molecular formula is C11H14ClF3N2. The smallest absolute Gasteiger partial charge is 0.381 e. The molecule has 1 aromatic carbocycles. The Balaban J connectivity index is 2.91. The topological polar surface area (TPSA) is 38.0 Å². The summed E-state index contributed by atoms with van der Waals surface area (Å²) in [5.74, 6) is 0. The van der Waals surface area contributed by atoms with Crippen molar-refractivity contribution in [3.05, 3.63) is 28.8 Å². The number of nitrogens with one attached hydrogen (secondary N) is 1. The summed E-state index contributed by atoms with van der Waals surface area (Å²) in [5.41, 5.74) is 4.93. The van der Waals surface area contributed by atoms with Crippen LogP contribution in [0, 0.1) is 0 Å². The zero-order chi connectivity index (χ0) is 13.1. The zero-order valence-corrected chi connectivity index (χ0v) is 10.1. The Hall–Kier alpha value is -0.940. The number of anilines is 1. The maximum Gasteiger partial charge on any atom is 0.416 e. The maximum atomic E-state index is 12.5. The van der Waals surface area contributed by atoms with Crippen LogP contribution in [0.3, 0.4) is 0 Å². The van der Waals surface area contributed by atoms with Crippen LogP contribution >= 0.6 is 11.6 Å². The summed E-state index contributed by atoms with van der Waals surface area (Å²) in [5, 5.41) is 3.18. The van der Waals surface area contributed by atoms with Gasteiger partial charge in [0.2, 0.25) is 0 Å². The van der Waals surface area contributed by atoms with E-state index in [1.807, 2.05) is 6.92 Å². The van der Waals surface area contributed by atoms with Gasteiger partial charge in [0.1, 0.15) is 0 Å².